The van der Waals surface area contributed by atoms with Crippen LogP contribution in [-0.2, 0) is 29.3 Å². The van der Waals surface area contributed by atoms with Gasteiger partial charge in [0.25, 0.3) is 0 Å². The third-order valence-electron chi connectivity index (χ3n) is 8.57. The van der Waals surface area contributed by atoms with E-state index in [4.69, 9.17) is 32.2 Å². The molecule has 0 fully saturated rings. The standard InChI is InChI=1S/C27H21NO6.C18H16O4.CH4/c1-17-12-26(29)34-25-14-20(8-11-23(17)25)28-27(30)32-15-18-6-9-21(10-7-18)31-16-22-13-19-4-2-3-5-24(19)33-22;1-2-20-18(19)13-7-9-15(10-8-13)21-12-16-11-14-5-3-4-6-17(14)22-16;/h2-14H,15-16H2,1H3,(H,28,30);3-11H,2,12H2,1H3;1H4. The molecule has 1 amide bonds. The van der Waals surface area contributed by atoms with Crippen LogP contribution in [0.5, 0.6) is 11.5 Å². The predicted molar refractivity (Wildman–Crippen MR) is 218 cm³/mol. The second kappa shape index (κ2) is 18.4. The average molecular weight is 768 g/mol. The zero-order valence-corrected chi connectivity index (χ0v) is 30.6. The topological polar surface area (TPSA) is 140 Å². The minimum atomic E-state index is -0.612. The fourth-order valence-corrected chi connectivity index (χ4v) is 5.81. The SMILES string of the molecule is C.CCOC(=O)c1ccc(OCc2cc3ccccc3o2)cc1.Cc1cc(=O)oc2cc(NC(=O)OCc3ccc(OCc4cc5ccccc5o4)cc3)ccc12. The molecule has 0 saturated carbocycles. The first-order valence-corrected chi connectivity index (χ1v) is 17.8. The Balaban J connectivity index is 0.000000207. The first-order chi connectivity index (χ1) is 27.3. The molecule has 0 aliphatic heterocycles. The quantitative estimate of drug-likeness (QED) is 0.0999. The summed E-state index contributed by atoms with van der Waals surface area (Å²) in [6.45, 7) is 4.73. The minimum absolute atomic E-state index is 0. The average Bonchev–Trinajstić information content (AvgIpc) is 3.83. The number of esters is 1. The number of carbonyl (C=O) groups is 2. The van der Waals surface area contributed by atoms with Crippen molar-refractivity contribution in [1.82, 2.24) is 0 Å². The lowest BCUT2D eigenvalue weighted by atomic mass is 10.1. The van der Waals surface area contributed by atoms with Gasteiger partial charge in [0.1, 0.15) is 59.6 Å². The normalized spacial score (nSPS) is 10.6. The van der Waals surface area contributed by atoms with Gasteiger partial charge in [0.2, 0.25) is 0 Å². The monoisotopic (exact) mass is 767 g/mol. The van der Waals surface area contributed by atoms with Crippen LogP contribution in [0, 0.1) is 6.92 Å². The van der Waals surface area contributed by atoms with E-state index in [2.05, 4.69) is 5.32 Å². The maximum atomic E-state index is 12.2. The molecule has 57 heavy (non-hydrogen) atoms. The van der Waals surface area contributed by atoms with Crippen LogP contribution in [0.25, 0.3) is 32.9 Å². The molecule has 0 atom stereocenters. The van der Waals surface area contributed by atoms with Crippen molar-refractivity contribution in [1.29, 1.82) is 0 Å². The van der Waals surface area contributed by atoms with E-state index < -0.39 is 11.7 Å². The molecule has 0 aliphatic rings. The molecule has 0 saturated heterocycles. The van der Waals surface area contributed by atoms with Crippen LogP contribution in [0.3, 0.4) is 0 Å². The van der Waals surface area contributed by atoms with E-state index in [0.717, 1.165) is 50.0 Å². The van der Waals surface area contributed by atoms with Gasteiger partial charge in [-0.1, -0.05) is 56.0 Å². The summed E-state index contributed by atoms with van der Waals surface area (Å²) in [5, 5.41) is 5.54. The zero-order valence-electron chi connectivity index (χ0n) is 30.6. The van der Waals surface area contributed by atoms with Gasteiger partial charge >= 0.3 is 17.7 Å². The molecule has 8 rings (SSSR count). The number of rotatable bonds is 11. The molecule has 11 heteroatoms. The largest absolute Gasteiger partial charge is 0.486 e. The number of hydrogen-bond acceptors (Lipinski definition) is 10. The summed E-state index contributed by atoms with van der Waals surface area (Å²) in [4.78, 5) is 35.3. The first kappa shape index (κ1) is 39.4. The summed E-state index contributed by atoms with van der Waals surface area (Å²) < 4.78 is 38.3. The van der Waals surface area contributed by atoms with Crippen molar-refractivity contribution >= 4 is 50.7 Å². The molecule has 8 aromatic rings. The van der Waals surface area contributed by atoms with Gasteiger partial charge in [-0.15, -0.1) is 0 Å². The summed E-state index contributed by atoms with van der Waals surface area (Å²) in [6, 6.07) is 40.2. The van der Waals surface area contributed by atoms with Crippen LogP contribution in [0.1, 0.15) is 47.4 Å². The predicted octanol–water partition coefficient (Wildman–Crippen LogP) is 11.0. The van der Waals surface area contributed by atoms with E-state index in [0.29, 0.717) is 48.2 Å². The van der Waals surface area contributed by atoms with Gasteiger partial charge in [-0.25, -0.2) is 14.4 Å². The molecule has 0 bridgehead atoms. The molecule has 0 radical (unpaired) electrons. The van der Waals surface area contributed by atoms with Crippen molar-refractivity contribution in [3.8, 4) is 11.5 Å². The van der Waals surface area contributed by atoms with Crippen LogP contribution in [0.4, 0.5) is 10.5 Å². The van der Waals surface area contributed by atoms with Gasteiger partial charge in [0.15, 0.2) is 0 Å². The highest BCUT2D eigenvalue weighted by molar-refractivity contribution is 5.90. The zero-order chi connectivity index (χ0) is 38.9. The summed E-state index contributed by atoms with van der Waals surface area (Å²) >= 11 is 0. The van der Waals surface area contributed by atoms with Gasteiger partial charge < -0.3 is 32.2 Å². The summed E-state index contributed by atoms with van der Waals surface area (Å²) in [5.74, 6) is 2.53. The lowest BCUT2D eigenvalue weighted by Gasteiger charge is -2.09. The van der Waals surface area contributed by atoms with Gasteiger partial charge in [-0.3, -0.25) is 5.32 Å². The van der Waals surface area contributed by atoms with Crippen molar-refractivity contribution in [2.45, 2.75) is 41.1 Å². The Bertz CT molecular complexity index is 2590. The maximum absolute atomic E-state index is 12.2. The molecule has 3 aromatic heterocycles. The Morgan fingerprint density at radius 3 is 1.77 bits per heavy atom. The number of hydrogen-bond donors (Lipinski definition) is 1. The fourth-order valence-electron chi connectivity index (χ4n) is 5.81. The number of nitrogens with one attached hydrogen (secondary N) is 1. The van der Waals surface area contributed by atoms with Crippen LogP contribution in [-0.4, -0.2) is 18.7 Å². The summed E-state index contributed by atoms with van der Waals surface area (Å²) in [7, 11) is 0. The second-order valence-electron chi connectivity index (χ2n) is 12.6. The third-order valence-corrected chi connectivity index (χ3v) is 8.57. The van der Waals surface area contributed by atoms with Gasteiger partial charge in [0, 0.05) is 34.0 Å². The Kier molecular flexibility index (Phi) is 12.7. The number of amides is 1. The Morgan fingerprint density at radius 2 is 1.19 bits per heavy atom. The van der Waals surface area contributed by atoms with Crippen molar-refractivity contribution in [2.75, 3.05) is 11.9 Å². The Hall–Kier alpha value is -7.27. The smallest absolute Gasteiger partial charge is 0.411 e. The lowest BCUT2D eigenvalue weighted by Crippen LogP contribution is -2.13. The number of ether oxygens (including phenoxy) is 4. The summed E-state index contributed by atoms with van der Waals surface area (Å²) in [6.07, 6.45) is -0.612. The molecule has 3 heterocycles. The Morgan fingerprint density at radius 1 is 0.614 bits per heavy atom. The molecule has 11 nitrogen and oxygen atoms in total. The van der Waals surface area contributed by atoms with Crippen LogP contribution in [0.2, 0.25) is 0 Å². The van der Waals surface area contributed by atoms with Crippen molar-refractivity contribution in [3.63, 3.8) is 0 Å². The molecule has 0 aliphatic carbocycles. The van der Waals surface area contributed by atoms with E-state index >= 15 is 0 Å². The van der Waals surface area contributed by atoms with Gasteiger partial charge in [-0.05, 0) is 97.8 Å². The van der Waals surface area contributed by atoms with Gasteiger partial charge in [0.05, 0.1) is 12.2 Å². The van der Waals surface area contributed by atoms with Crippen molar-refractivity contribution in [2.24, 2.45) is 0 Å². The highest BCUT2D eigenvalue weighted by atomic mass is 16.5. The number of carbonyl (C=O) groups excluding carboxylic acids is 2. The van der Waals surface area contributed by atoms with Crippen molar-refractivity contribution < 1.29 is 41.8 Å². The molecule has 0 spiro atoms. The van der Waals surface area contributed by atoms with Crippen LogP contribution >= 0.6 is 0 Å². The Labute approximate surface area is 328 Å². The van der Waals surface area contributed by atoms with E-state index in [1.165, 1.54) is 6.07 Å². The van der Waals surface area contributed by atoms with Crippen molar-refractivity contribution in [3.05, 3.63) is 172 Å². The van der Waals surface area contributed by atoms with E-state index in [1.807, 2.05) is 91.9 Å². The second-order valence-corrected chi connectivity index (χ2v) is 12.6. The molecular weight excluding hydrogens is 727 g/mol. The van der Waals surface area contributed by atoms with Crippen LogP contribution < -0.4 is 20.4 Å². The van der Waals surface area contributed by atoms with E-state index in [1.54, 1.807) is 49.4 Å². The minimum Gasteiger partial charge on any atom is -0.486 e. The number of para-hydroxylation sites is 2. The first-order valence-electron chi connectivity index (χ1n) is 17.8. The molecule has 290 valence electrons. The molecular formula is C46H41NO10. The number of benzene rings is 5. The fraction of sp³-hybridized carbons (Fsp3) is 0.152. The summed E-state index contributed by atoms with van der Waals surface area (Å²) in [5.41, 5.74) is 4.25. The highest BCUT2D eigenvalue weighted by Crippen LogP contribution is 2.24. The molecule has 5 aromatic carbocycles. The van der Waals surface area contributed by atoms with E-state index in [9.17, 15) is 14.4 Å². The number of furan rings is 2. The lowest BCUT2D eigenvalue weighted by molar-refractivity contribution is 0.0526. The molecule has 0 unspecified atom stereocenters. The number of anilines is 1. The van der Waals surface area contributed by atoms with Crippen LogP contribution in [0.15, 0.2) is 152 Å². The maximum Gasteiger partial charge on any atom is 0.411 e. The molecule has 1 N–H and O–H groups in total. The van der Waals surface area contributed by atoms with Gasteiger partial charge in [-0.2, -0.15) is 0 Å². The number of fused-ring (bicyclic) bond motifs is 3. The third kappa shape index (κ3) is 10.3. The highest BCUT2D eigenvalue weighted by Gasteiger charge is 2.10. The number of aryl methyl sites for hydroxylation is 1. The van der Waals surface area contributed by atoms with E-state index in [-0.39, 0.29) is 20.0 Å².